The number of amides is 1. The van der Waals surface area contributed by atoms with E-state index in [1.807, 2.05) is 14.0 Å². The molecule has 0 unspecified atom stereocenters. The van der Waals surface area contributed by atoms with Crippen LogP contribution in [-0.4, -0.2) is 39.4 Å². The molecular formula is C17H19N3O4. The second-order valence-corrected chi connectivity index (χ2v) is 5.85. The number of nitrogens with one attached hydrogen (secondary N) is 1. The third-order valence-electron chi connectivity index (χ3n) is 4.38. The van der Waals surface area contributed by atoms with Crippen LogP contribution in [0.3, 0.4) is 0 Å². The molecule has 7 heteroatoms. The first-order chi connectivity index (χ1) is 11.5. The first-order valence-electron chi connectivity index (χ1n) is 7.71. The van der Waals surface area contributed by atoms with Gasteiger partial charge in [0.15, 0.2) is 0 Å². The van der Waals surface area contributed by atoms with E-state index in [9.17, 15) is 9.59 Å². The summed E-state index contributed by atoms with van der Waals surface area (Å²) >= 11 is 0. The van der Waals surface area contributed by atoms with Crippen molar-refractivity contribution in [2.75, 3.05) is 6.61 Å². The van der Waals surface area contributed by atoms with Crippen LogP contribution in [0.25, 0.3) is 0 Å². The summed E-state index contributed by atoms with van der Waals surface area (Å²) in [6.07, 6.45) is 2.27. The molecule has 1 aliphatic heterocycles. The van der Waals surface area contributed by atoms with Gasteiger partial charge in [-0.25, -0.2) is 4.79 Å². The molecule has 1 saturated heterocycles. The van der Waals surface area contributed by atoms with Crippen LogP contribution in [0.4, 0.5) is 0 Å². The molecule has 1 amide bonds. The van der Waals surface area contributed by atoms with E-state index in [0.29, 0.717) is 12.2 Å². The number of aromatic carboxylic acids is 1. The molecule has 2 aromatic rings. The van der Waals surface area contributed by atoms with Crippen LogP contribution < -0.4 is 5.32 Å². The van der Waals surface area contributed by atoms with E-state index in [1.54, 1.807) is 10.9 Å². The Labute approximate surface area is 139 Å². The molecule has 126 valence electrons. The molecule has 0 radical (unpaired) electrons. The molecule has 0 bridgehead atoms. The van der Waals surface area contributed by atoms with E-state index in [0.717, 1.165) is 17.7 Å². The lowest BCUT2D eigenvalue weighted by Gasteiger charge is -2.20. The maximum Gasteiger partial charge on any atom is 0.335 e. The summed E-state index contributed by atoms with van der Waals surface area (Å²) < 4.78 is 7.57. The average molecular weight is 329 g/mol. The van der Waals surface area contributed by atoms with Crippen molar-refractivity contribution < 1.29 is 19.4 Å². The molecule has 2 N–H and O–H groups in total. The number of aryl methyl sites for hydroxylation is 1. The van der Waals surface area contributed by atoms with Crippen molar-refractivity contribution in [3.8, 4) is 0 Å². The highest BCUT2D eigenvalue weighted by molar-refractivity contribution is 5.96. The van der Waals surface area contributed by atoms with E-state index < -0.39 is 5.97 Å². The third-order valence-corrected chi connectivity index (χ3v) is 4.38. The molecule has 2 heterocycles. The second-order valence-electron chi connectivity index (χ2n) is 5.85. The smallest absolute Gasteiger partial charge is 0.335 e. The van der Waals surface area contributed by atoms with Gasteiger partial charge in [0.2, 0.25) is 0 Å². The van der Waals surface area contributed by atoms with E-state index in [1.165, 1.54) is 24.3 Å². The summed E-state index contributed by atoms with van der Waals surface area (Å²) in [6, 6.07) is 5.73. The van der Waals surface area contributed by atoms with Crippen LogP contribution in [-0.2, 0) is 11.8 Å². The van der Waals surface area contributed by atoms with Gasteiger partial charge in [-0.05, 0) is 37.6 Å². The van der Waals surface area contributed by atoms with Gasteiger partial charge in [0.1, 0.15) is 6.10 Å². The summed E-state index contributed by atoms with van der Waals surface area (Å²) in [5.74, 6) is -1.26. The van der Waals surface area contributed by atoms with Gasteiger partial charge in [-0.2, -0.15) is 5.10 Å². The molecule has 1 aliphatic rings. The highest BCUT2D eigenvalue weighted by Crippen LogP contribution is 2.31. The number of ether oxygens (including phenoxy) is 1. The number of benzene rings is 1. The molecule has 24 heavy (non-hydrogen) atoms. The number of rotatable bonds is 4. The maximum absolute atomic E-state index is 12.4. The number of carbonyl (C=O) groups excluding carboxylic acids is 1. The Balaban J connectivity index is 1.73. The fourth-order valence-electron chi connectivity index (χ4n) is 2.85. The van der Waals surface area contributed by atoms with Crippen molar-refractivity contribution in [2.45, 2.75) is 25.5 Å². The fourth-order valence-corrected chi connectivity index (χ4v) is 2.85. The van der Waals surface area contributed by atoms with Gasteiger partial charge in [0, 0.05) is 30.5 Å². The van der Waals surface area contributed by atoms with Gasteiger partial charge >= 0.3 is 5.97 Å². The molecular weight excluding hydrogens is 310 g/mol. The lowest BCUT2D eigenvalue weighted by molar-refractivity contribution is 0.0696. The Morgan fingerprint density at radius 1 is 1.29 bits per heavy atom. The molecule has 3 rings (SSSR count). The normalized spacial score (nSPS) is 20.1. The minimum atomic E-state index is -1.02. The average Bonchev–Trinajstić information content (AvgIpc) is 3.15. The van der Waals surface area contributed by atoms with Crippen molar-refractivity contribution in [2.24, 2.45) is 7.05 Å². The van der Waals surface area contributed by atoms with Crippen molar-refractivity contribution in [3.05, 3.63) is 52.8 Å². The van der Waals surface area contributed by atoms with Crippen molar-refractivity contribution in [1.29, 1.82) is 0 Å². The zero-order valence-electron chi connectivity index (χ0n) is 13.5. The van der Waals surface area contributed by atoms with E-state index >= 15 is 0 Å². The minimum Gasteiger partial charge on any atom is -0.478 e. The van der Waals surface area contributed by atoms with E-state index in [2.05, 4.69) is 10.4 Å². The zero-order valence-corrected chi connectivity index (χ0v) is 13.5. The quantitative estimate of drug-likeness (QED) is 0.890. The van der Waals surface area contributed by atoms with Crippen molar-refractivity contribution in [3.63, 3.8) is 0 Å². The summed E-state index contributed by atoms with van der Waals surface area (Å²) in [4.78, 5) is 23.3. The Morgan fingerprint density at radius 2 is 1.96 bits per heavy atom. The van der Waals surface area contributed by atoms with E-state index in [-0.39, 0.29) is 23.6 Å². The largest absolute Gasteiger partial charge is 0.478 e. The van der Waals surface area contributed by atoms with Crippen LogP contribution in [0.1, 0.15) is 44.5 Å². The monoisotopic (exact) mass is 329 g/mol. The van der Waals surface area contributed by atoms with Crippen LogP contribution >= 0.6 is 0 Å². The topological polar surface area (TPSA) is 93.4 Å². The van der Waals surface area contributed by atoms with Crippen molar-refractivity contribution in [1.82, 2.24) is 15.1 Å². The highest BCUT2D eigenvalue weighted by Gasteiger charge is 2.33. The first kappa shape index (κ1) is 16.2. The predicted octanol–water partition coefficient (Wildman–Crippen LogP) is 1.69. The van der Waals surface area contributed by atoms with Crippen LogP contribution in [0.2, 0.25) is 0 Å². The molecule has 1 aromatic carbocycles. The highest BCUT2D eigenvalue weighted by atomic mass is 16.5. The molecule has 0 spiro atoms. The van der Waals surface area contributed by atoms with E-state index in [4.69, 9.17) is 9.84 Å². The number of carboxylic acids is 1. The molecule has 7 nitrogen and oxygen atoms in total. The van der Waals surface area contributed by atoms with Gasteiger partial charge in [-0.1, -0.05) is 0 Å². The van der Waals surface area contributed by atoms with Crippen LogP contribution in [0.15, 0.2) is 30.5 Å². The number of carbonyl (C=O) groups is 2. The third kappa shape index (κ3) is 3.03. The lowest BCUT2D eigenvalue weighted by atomic mass is 10.0. The van der Waals surface area contributed by atoms with Gasteiger partial charge in [0.05, 0.1) is 17.8 Å². The zero-order chi connectivity index (χ0) is 17.3. The SMILES string of the molecule is Cc1c([C@H]2OCC[C@@H]2NC(=O)c2ccc(C(=O)O)cc2)cnn1C. The number of hydrogen-bond acceptors (Lipinski definition) is 4. The van der Waals surface area contributed by atoms with Gasteiger partial charge < -0.3 is 15.2 Å². The van der Waals surface area contributed by atoms with Gasteiger partial charge in [-0.3, -0.25) is 9.48 Å². The fraction of sp³-hybridized carbons (Fsp3) is 0.353. The standard InChI is InChI=1S/C17H19N3O4/c1-10-13(9-18-20(10)2)15-14(7-8-24-15)19-16(21)11-3-5-12(6-4-11)17(22)23/h3-6,9,14-15H,7-8H2,1-2H3,(H,19,21)(H,22,23)/t14-,15+/m0/s1. The second kappa shape index (κ2) is 6.45. The Bertz CT molecular complexity index is 767. The number of carboxylic acid groups (broad SMARTS) is 1. The van der Waals surface area contributed by atoms with Crippen LogP contribution in [0.5, 0.6) is 0 Å². The Kier molecular flexibility index (Phi) is 4.35. The Morgan fingerprint density at radius 3 is 2.54 bits per heavy atom. The maximum atomic E-state index is 12.4. The summed E-state index contributed by atoms with van der Waals surface area (Å²) in [7, 11) is 1.87. The minimum absolute atomic E-state index is 0.139. The Hall–Kier alpha value is -2.67. The number of hydrogen-bond donors (Lipinski definition) is 2. The summed E-state index contributed by atoms with van der Waals surface area (Å²) in [5.41, 5.74) is 2.56. The number of nitrogens with zero attached hydrogens (tertiary/aromatic N) is 2. The summed E-state index contributed by atoms with van der Waals surface area (Å²) in [5, 5.41) is 16.1. The molecule has 1 aromatic heterocycles. The van der Waals surface area contributed by atoms with Gasteiger partial charge in [0.25, 0.3) is 5.91 Å². The number of aromatic nitrogens is 2. The van der Waals surface area contributed by atoms with Crippen LogP contribution in [0, 0.1) is 6.92 Å². The molecule has 0 aliphatic carbocycles. The molecule has 1 fully saturated rings. The first-order valence-corrected chi connectivity index (χ1v) is 7.71. The molecule has 0 saturated carbocycles. The molecule has 2 atom stereocenters. The lowest BCUT2D eigenvalue weighted by Crippen LogP contribution is -2.37. The van der Waals surface area contributed by atoms with Crippen molar-refractivity contribution >= 4 is 11.9 Å². The van der Waals surface area contributed by atoms with Gasteiger partial charge in [-0.15, -0.1) is 0 Å². The summed E-state index contributed by atoms with van der Waals surface area (Å²) in [6.45, 7) is 2.54. The predicted molar refractivity (Wildman–Crippen MR) is 85.9 cm³/mol.